The van der Waals surface area contributed by atoms with E-state index in [-0.39, 0.29) is 15.5 Å². The summed E-state index contributed by atoms with van der Waals surface area (Å²) in [7, 11) is 1.23. The molecule has 1 aromatic carbocycles. The van der Waals surface area contributed by atoms with Crippen LogP contribution in [0, 0.1) is 12.7 Å². The van der Waals surface area contributed by atoms with Gasteiger partial charge in [-0.3, -0.25) is 0 Å². The van der Waals surface area contributed by atoms with Crippen LogP contribution in [0.4, 0.5) is 4.39 Å². The van der Waals surface area contributed by atoms with Crippen LogP contribution in [0.5, 0.6) is 0 Å². The molecule has 2 nitrogen and oxygen atoms in total. The maximum atomic E-state index is 12.8. The minimum absolute atomic E-state index is 0.122. The Morgan fingerprint density at radius 2 is 1.92 bits per heavy atom. The highest BCUT2D eigenvalue weighted by atomic mass is 35.7. The van der Waals surface area contributed by atoms with E-state index in [1.807, 2.05) is 0 Å². The van der Waals surface area contributed by atoms with E-state index < -0.39 is 14.9 Å². The molecule has 13 heavy (non-hydrogen) atoms. The molecule has 0 N–H and O–H groups in total. The second kappa shape index (κ2) is 3.44. The zero-order chi connectivity index (χ0) is 10.2. The SMILES string of the molecule is Cc1c(S(=O)(=O)Cl)ccc(F)c1Cl. The normalized spacial score (nSPS) is 11.7. The molecule has 0 spiro atoms. The first-order chi connectivity index (χ1) is 5.84. The summed E-state index contributed by atoms with van der Waals surface area (Å²) < 4.78 is 34.6. The Morgan fingerprint density at radius 1 is 1.38 bits per heavy atom. The molecular formula is C7H5Cl2FO2S. The van der Waals surface area contributed by atoms with Crippen molar-refractivity contribution in [1.82, 2.24) is 0 Å². The lowest BCUT2D eigenvalue weighted by molar-refractivity contribution is 0.606. The van der Waals surface area contributed by atoms with Crippen LogP contribution < -0.4 is 0 Å². The molecule has 0 aliphatic rings. The summed E-state index contributed by atoms with van der Waals surface area (Å²) >= 11 is 5.49. The van der Waals surface area contributed by atoms with E-state index in [1.165, 1.54) is 6.92 Å². The lowest BCUT2D eigenvalue weighted by Gasteiger charge is -2.03. The number of hydrogen-bond donors (Lipinski definition) is 0. The van der Waals surface area contributed by atoms with Gasteiger partial charge >= 0.3 is 0 Å². The lowest BCUT2D eigenvalue weighted by Crippen LogP contribution is -1.96. The van der Waals surface area contributed by atoms with E-state index >= 15 is 0 Å². The van der Waals surface area contributed by atoms with Gasteiger partial charge in [0.25, 0.3) is 9.05 Å². The molecule has 0 fully saturated rings. The molecule has 0 amide bonds. The third-order valence-corrected chi connectivity index (χ3v) is 3.48. The molecule has 0 unspecified atom stereocenters. The fourth-order valence-electron chi connectivity index (χ4n) is 0.898. The number of hydrogen-bond acceptors (Lipinski definition) is 2. The van der Waals surface area contributed by atoms with Crippen molar-refractivity contribution in [3.05, 3.63) is 28.5 Å². The maximum Gasteiger partial charge on any atom is 0.261 e. The molecule has 1 aromatic rings. The van der Waals surface area contributed by atoms with Crippen LogP contribution >= 0.6 is 22.3 Å². The fourth-order valence-corrected chi connectivity index (χ4v) is 2.32. The number of halogens is 3. The first-order valence-corrected chi connectivity index (χ1v) is 5.92. The molecule has 0 heterocycles. The Labute approximate surface area is 84.7 Å². The lowest BCUT2D eigenvalue weighted by atomic mass is 10.2. The fraction of sp³-hybridized carbons (Fsp3) is 0.143. The molecule has 0 aromatic heterocycles. The maximum absolute atomic E-state index is 12.8. The predicted molar refractivity (Wildman–Crippen MR) is 49.2 cm³/mol. The Bertz CT molecular complexity index is 442. The molecular weight excluding hydrogens is 238 g/mol. The quantitative estimate of drug-likeness (QED) is 0.710. The largest absolute Gasteiger partial charge is 0.261 e. The zero-order valence-electron chi connectivity index (χ0n) is 6.51. The van der Waals surface area contributed by atoms with Gasteiger partial charge in [-0.1, -0.05) is 11.6 Å². The second-order valence-electron chi connectivity index (χ2n) is 2.42. The average molecular weight is 243 g/mol. The van der Waals surface area contributed by atoms with Crippen LogP contribution in [0.1, 0.15) is 5.56 Å². The third kappa shape index (κ3) is 2.13. The van der Waals surface area contributed by atoms with Crippen LogP contribution in [-0.2, 0) is 9.05 Å². The van der Waals surface area contributed by atoms with E-state index in [0.29, 0.717) is 0 Å². The molecule has 0 aliphatic heterocycles. The molecule has 0 radical (unpaired) electrons. The predicted octanol–water partition coefficient (Wildman–Crippen LogP) is 2.72. The molecule has 72 valence electrons. The van der Waals surface area contributed by atoms with Gasteiger partial charge in [-0.05, 0) is 24.6 Å². The zero-order valence-corrected chi connectivity index (χ0v) is 8.84. The average Bonchev–Trinajstić information content (AvgIpc) is 1.98. The second-order valence-corrected chi connectivity index (χ2v) is 5.33. The standard InChI is InChI=1S/C7H5Cl2FO2S/c1-4-6(13(9,11)12)3-2-5(10)7(4)8/h2-3H,1H3. The van der Waals surface area contributed by atoms with E-state index in [9.17, 15) is 12.8 Å². The van der Waals surface area contributed by atoms with E-state index in [4.69, 9.17) is 22.3 Å². The smallest absolute Gasteiger partial charge is 0.207 e. The molecule has 0 bridgehead atoms. The van der Waals surface area contributed by atoms with Gasteiger partial charge in [-0.25, -0.2) is 12.8 Å². The van der Waals surface area contributed by atoms with Gasteiger partial charge in [0.15, 0.2) is 0 Å². The van der Waals surface area contributed by atoms with Crippen molar-refractivity contribution in [2.24, 2.45) is 0 Å². The molecule has 0 aliphatic carbocycles. The van der Waals surface area contributed by atoms with Gasteiger partial charge < -0.3 is 0 Å². The summed E-state index contributed by atoms with van der Waals surface area (Å²) in [6, 6.07) is 2.05. The van der Waals surface area contributed by atoms with Gasteiger partial charge in [-0.15, -0.1) is 0 Å². The minimum Gasteiger partial charge on any atom is -0.207 e. The molecule has 1 rings (SSSR count). The number of rotatable bonds is 1. The Balaban J connectivity index is 3.53. The topological polar surface area (TPSA) is 34.1 Å². The van der Waals surface area contributed by atoms with Gasteiger partial charge in [-0.2, -0.15) is 0 Å². The minimum atomic E-state index is -3.85. The van der Waals surface area contributed by atoms with Gasteiger partial charge in [0.05, 0.1) is 9.92 Å². The Kier molecular flexibility index (Phi) is 2.85. The molecule has 0 atom stereocenters. The number of benzene rings is 1. The summed E-state index contributed by atoms with van der Waals surface area (Å²) in [5, 5.41) is -0.221. The van der Waals surface area contributed by atoms with Crippen LogP contribution in [0.2, 0.25) is 5.02 Å². The summed E-state index contributed by atoms with van der Waals surface area (Å²) in [5.74, 6) is -0.664. The third-order valence-electron chi connectivity index (χ3n) is 1.55. The van der Waals surface area contributed by atoms with Crippen molar-refractivity contribution in [1.29, 1.82) is 0 Å². The van der Waals surface area contributed by atoms with Crippen molar-refractivity contribution in [2.75, 3.05) is 0 Å². The van der Waals surface area contributed by atoms with Crippen molar-refractivity contribution in [2.45, 2.75) is 11.8 Å². The van der Waals surface area contributed by atoms with Crippen molar-refractivity contribution in [3.63, 3.8) is 0 Å². The van der Waals surface area contributed by atoms with E-state index in [0.717, 1.165) is 12.1 Å². The summed E-state index contributed by atoms with van der Waals surface area (Å²) in [6.07, 6.45) is 0. The highest BCUT2D eigenvalue weighted by Crippen LogP contribution is 2.27. The Hall–Kier alpha value is -0.320. The highest BCUT2D eigenvalue weighted by molar-refractivity contribution is 8.13. The summed E-state index contributed by atoms with van der Waals surface area (Å²) in [6.45, 7) is 1.39. The van der Waals surface area contributed by atoms with Crippen LogP contribution in [0.25, 0.3) is 0 Å². The van der Waals surface area contributed by atoms with E-state index in [2.05, 4.69) is 0 Å². The first kappa shape index (κ1) is 10.8. The monoisotopic (exact) mass is 242 g/mol. The van der Waals surface area contributed by atoms with Crippen molar-refractivity contribution < 1.29 is 12.8 Å². The van der Waals surface area contributed by atoms with Crippen LogP contribution in [0.3, 0.4) is 0 Å². The van der Waals surface area contributed by atoms with Crippen LogP contribution in [-0.4, -0.2) is 8.42 Å². The van der Waals surface area contributed by atoms with E-state index in [1.54, 1.807) is 0 Å². The van der Waals surface area contributed by atoms with Gasteiger partial charge in [0, 0.05) is 10.7 Å². The highest BCUT2D eigenvalue weighted by Gasteiger charge is 2.17. The van der Waals surface area contributed by atoms with Crippen molar-refractivity contribution >= 4 is 31.3 Å². The summed E-state index contributed by atoms with van der Waals surface area (Å²) in [4.78, 5) is -0.166. The summed E-state index contributed by atoms with van der Waals surface area (Å²) in [5.41, 5.74) is 0.122. The van der Waals surface area contributed by atoms with Gasteiger partial charge in [0.1, 0.15) is 5.82 Å². The Morgan fingerprint density at radius 3 is 2.38 bits per heavy atom. The molecule has 6 heteroatoms. The van der Waals surface area contributed by atoms with Crippen molar-refractivity contribution in [3.8, 4) is 0 Å². The molecule has 0 saturated heterocycles. The first-order valence-electron chi connectivity index (χ1n) is 3.23. The molecule has 0 saturated carbocycles. The van der Waals surface area contributed by atoms with Crippen LogP contribution in [0.15, 0.2) is 17.0 Å². The van der Waals surface area contributed by atoms with Gasteiger partial charge in [0.2, 0.25) is 0 Å².